The number of sulfonamides is 1. The highest BCUT2D eigenvalue weighted by Crippen LogP contribution is 2.21. The van der Waals surface area contributed by atoms with Gasteiger partial charge in [-0.25, -0.2) is 8.42 Å². The molecule has 1 N–H and O–H groups in total. The fourth-order valence-corrected chi connectivity index (χ4v) is 3.59. The van der Waals surface area contributed by atoms with Gasteiger partial charge in [0.25, 0.3) is 0 Å². The molecular formula is C11H17N3O5S. The molecule has 20 heavy (non-hydrogen) atoms. The number of hydrogen-bond donors (Lipinski definition) is 1. The van der Waals surface area contributed by atoms with E-state index in [1.54, 1.807) is 7.11 Å². The molecule has 1 aromatic rings. The van der Waals surface area contributed by atoms with Crippen molar-refractivity contribution in [3.05, 3.63) is 12.4 Å². The van der Waals surface area contributed by atoms with Crippen LogP contribution in [0.15, 0.2) is 17.3 Å². The number of rotatable bonds is 5. The maximum atomic E-state index is 12.4. The van der Waals surface area contributed by atoms with Gasteiger partial charge in [0.15, 0.2) is 0 Å². The number of ether oxygens (including phenoxy) is 1. The highest BCUT2D eigenvalue weighted by Gasteiger charge is 2.30. The summed E-state index contributed by atoms with van der Waals surface area (Å²) in [6.07, 6.45) is 3.82. The van der Waals surface area contributed by atoms with Crippen molar-refractivity contribution in [2.24, 2.45) is 0 Å². The van der Waals surface area contributed by atoms with E-state index in [1.807, 2.05) is 0 Å². The molecule has 0 radical (unpaired) electrons. The zero-order chi connectivity index (χ0) is 14.8. The van der Waals surface area contributed by atoms with Gasteiger partial charge in [0.1, 0.15) is 11.4 Å². The van der Waals surface area contributed by atoms with E-state index in [0.717, 1.165) is 4.68 Å². The Bertz CT molecular complexity index is 575. The van der Waals surface area contributed by atoms with Crippen LogP contribution in [-0.4, -0.2) is 59.9 Å². The van der Waals surface area contributed by atoms with Crippen molar-refractivity contribution >= 4 is 16.0 Å². The number of carbonyl (C=O) groups is 1. The zero-order valence-electron chi connectivity index (χ0n) is 11.1. The van der Waals surface area contributed by atoms with E-state index >= 15 is 0 Å². The summed E-state index contributed by atoms with van der Waals surface area (Å²) in [5, 5.41) is 12.4. The molecule has 2 rings (SSSR count). The van der Waals surface area contributed by atoms with Gasteiger partial charge in [-0.1, -0.05) is 0 Å². The van der Waals surface area contributed by atoms with Crippen LogP contribution in [0.4, 0.5) is 0 Å². The van der Waals surface area contributed by atoms with Crippen molar-refractivity contribution in [2.45, 2.75) is 30.4 Å². The molecule has 112 valence electrons. The minimum absolute atomic E-state index is 0.0228. The van der Waals surface area contributed by atoms with Crippen LogP contribution in [0.1, 0.15) is 12.8 Å². The molecule has 0 saturated carbocycles. The van der Waals surface area contributed by atoms with E-state index in [2.05, 4.69) is 5.10 Å². The lowest BCUT2D eigenvalue weighted by molar-refractivity contribution is -0.137. The van der Waals surface area contributed by atoms with Gasteiger partial charge in [-0.05, 0) is 12.8 Å². The summed E-state index contributed by atoms with van der Waals surface area (Å²) in [7, 11) is -1.99. The van der Waals surface area contributed by atoms with Crippen LogP contribution >= 0.6 is 0 Å². The van der Waals surface area contributed by atoms with Gasteiger partial charge >= 0.3 is 5.97 Å². The molecular weight excluding hydrogens is 286 g/mol. The number of nitrogens with zero attached hydrogens (tertiary/aromatic N) is 3. The van der Waals surface area contributed by atoms with Crippen molar-refractivity contribution in [1.29, 1.82) is 0 Å². The maximum Gasteiger partial charge on any atom is 0.325 e. The Kier molecular flexibility index (Phi) is 4.41. The molecule has 0 atom stereocenters. The number of methoxy groups -OCH3 is 1. The van der Waals surface area contributed by atoms with E-state index in [0.29, 0.717) is 25.9 Å². The first-order chi connectivity index (χ1) is 9.43. The Labute approximate surface area is 117 Å². The van der Waals surface area contributed by atoms with Gasteiger partial charge in [0, 0.05) is 26.4 Å². The molecule has 1 saturated heterocycles. The lowest BCUT2D eigenvalue weighted by Gasteiger charge is -2.29. The summed E-state index contributed by atoms with van der Waals surface area (Å²) in [5.41, 5.74) is 0. The second kappa shape index (κ2) is 5.90. The van der Waals surface area contributed by atoms with E-state index in [4.69, 9.17) is 9.84 Å². The zero-order valence-corrected chi connectivity index (χ0v) is 11.9. The van der Waals surface area contributed by atoms with Crippen LogP contribution in [0.5, 0.6) is 0 Å². The number of hydrogen-bond acceptors (Lipinski definition) is 5. The summed E-state index contributed by atoms with van der Waals surface area (Å²) in [6.45, 7) is 0.428. The quantitative estimate of drug-likeness (QED) is 0.806. The first kappa shape index (κ1) is 14.9. The van der Waals surface area contributed by atoms with Crippen LogP contribution in [0, 0.1) is 0 Å². The lowest BCUT2D eigenvalue weighted by Crippen LogP contribution is -2.40. The Hall–Kier alpha value is -1.45. The summed E-state index contributed by atoms with van der Waals surface area (Å²) in [4.78, 5) is 10.6. The highest BCUT2D eigenvalue weighted by molar-refractivity contribution is 7.89. The third kappa shape index (κ3) is 3.17. The predicted molar refractivity (Wildman–Crippen MR) is 68.7 cm³/mol. The Balaban J connectivity index is 2.10. The average Bonchev–Trinajstić information content (AvgIpc) is 2.87. The summed E-state index contributed by atoms with van der Waals surface area (Å²) >= 11 is 0. The smallest absolute Gasteiger partial charge is 0.325 e. The molecule has 0 unspecified atom stereocenters. The van der Waals surface area contributed by atoms with Gasteiger partial charge in [-0.3, -0.25) is 9.48 Å². The average molecular weight is 303 g/mol. The molecule has 8 nitrogen and oxygen atoms in total. The summed E-state index contributed by atoms with van der Waals surface area (Å²) in [6, 6.07) is 0. The van der Waals surface area contributed by atoms with Gasteiger partial charge < -0.3 is 9.84 Å². The van der Waals surface area contributed by atoms with Gasteiger partial charge in [-0.2, -0.15) is 9.40 Å². The first-order valence-corrected chi connectivity index (χ1v) is 7.64. The largest absolute Gasteiger partial charge is 0.480 e. The summed E-state index contributed by atoms with van der Waals surface area (Å²) < 4.78 is 32.4. The number of aromatic nitrogens is 2. The van der Waals surface area contributed by atoms with Crippen LogP contribution < -0.4 is 0 Å². The van der Waals surface area contributed by atoms with Crippen molar-refractivity contribution in [3.8, 4) is 0 Å². The van der Waals surface area contributed by atoms with Crippen molar-refractivity contribution in [1.82, 2.24) is 14.1 Å². The predicted octanol–water partition coefficient (Wildman–Crippen LogP) is -0.233. The number of piperidine rings is 1. The highest BCUT2D eigenvalue weighted by atomic mass is 32.2. The van der Waals surface area contributed by atoms with E-state index < -0.39 is 16.0 Å². The third-order valence-electron chi connectivity index (χ3n) is 3.28. The van der Waals surface area contributed by atoms with E-state index in [1.165, 1.54) is 16.7 Å². The van der Waals surface area contributed by atoms with Crippen LogP contribution in [-0.2, 0) is 26.1 Å². The monoisotopic (exact) mass is 303 g/mol. The molecule has 2 heterocycles. The molecule has 0 amide bonds. The van der Waals surface area contributed by atoms with Gasteiger partial charge in [0.05, 0.1) is 12.3 Å². The molecule has 0 aliphatic carbocycles. The molecule has 0 aromatic carbocycles. The second-order valence-electron chi connectivity index (χ2n) is 4.61. The van der Waals surface area contributed by atoms with E-state index in [9.17, 15) is 13.2 Å². The molecule has 1 aliphatic heterocycles. The van der Waals surface area contributed by atoms with Crippen molar-refractivity contribution in [3.63, 3.8) is 0 Å². The Morgan fingerprint density at radius 2 is 2.15 bits per heavy atom. The lowest BCUT2D eigenvalue weighted by atomic mass is 10.1. The SMILES string of the molecule is COC1CCN(S(=O)(=O)c2cnn(CC(=O)O)c2)CC1. The van der Waals surface area contributed by atoms with Crippen LogP contribution in [0.2, 0.25) is 0 Å². The molecule has 1 aromatic heterocycles. The molecule has 1 aliphatic rings. The summed E-state index contributed by atoms with van der Waals surface area (Å²) in [5.74, 6) is -1.07. The van der Waals surface area contributed by atoms with Crippen molar-refractivity contribution in [2.75, 3.05) is 20.2 Å². The van der Waals surface area contributed by atoms with Gasteiger partial charge in [0.2, 0.25) is 10.0 Å². The number of carboxylic acids is 1. The Morgan fingerprint density at radius 1 is 1.50 bits per heavy atom. The van der Waals surface area contributed by atoms with Crippen LogP contribution in [0.3, 0.4) is 0 Å². The molecule has 1 fully saturated rings. The third-order valence-corrected chi connectivity index (χ3v) is 5.13. The minimum atomic E-state index is -3.61. The molecule has 9 heteroatoms. The van der Waals surface area contributed by atoms with Crippen molar-refractivity contribution < 1.29 is 23.1 Å². The second-order valence-corrected chi connectivity index (χ2v) is 6.54. The topological polar surface area (TPSA) is 102 Å². The number of carboxylic acid groups (broad SMARTS) is 1. The number of aliphatic carboxylic acids is 1. The van der Waals surface area contributed by atoms with E-state index in [-0.39, 0.29) is 17.5 Å². The molecule has 0 spiro atoms. The Morgan fingerprint density at radius 3 is 2.70 bits per heavy atom. The molecule has 0 bridgehead atoms. The van der Waals surface area contributed by atoms with Gasteiger partial charge in [-0.15, -0.1) is 0 Å². The first-order valence-electron chi connectivity index (χ1n) is 6.20. The fourth-order valence-electron chi connectivity index (χ4n) is 2.16. The minimum Gasteiger partial charge on any atom is -0.480 e. The van der Waals surface area contributed by atoms with Crippen LogP contribution in [0.25, 0.3) is 0 Å². The fraction of sp³-hybridized carbons (Fsp3) is 0.636. The standard InChI is InChI=1S/C11H17N3O5S/c1-19-9-2-4-14(5-3-9)20(17,18)10-6-12-13(7-10)8-11(15)16/h6-7,9H,2-5,8H2,1H3,(H,15,16). The maximum absolute atomic E-state index is 12.4. The normalized spacial score (nSPS) is 18.2.